The number of hydrogen-bond donors (Lipinski definition) is 1. The Bertz CT molecular complexity index is 436. The molecule has 0 spiro atoms. The van der Waals surface area contributed by atoms with Crippen LogP contribution in [0.1, 0.15) is 30.8 Å². The van der Waals surface area contributed by atoms with Crippen molar-refractivity contribution in [2.24, 2.45) is 7.05 Å². The minimum atomic E-state index is 0.283. The Balaban J connectivity index is 2.05. The molecule has 5 nitrogen and oxygen atoms in total. The molecule has 2 aromatic heterocycles. The molecule has 2 aromatic rings. The lowest BCUT2D eigenvalue weighted by Crippen LogP contribution is -2.24. The molecule has 0 saturated carbocycles. The van der Waals surface area contributed by atoms with Crippen molar-refractivity contribution in [2.75, 3.05) is 6.54 Å². The predicted octanol–water partition coefficient (Wildman–Crippen LogP) is 1.55. The zero-order chi connectivity index (χ0) is 12.1. The third kappa shape index (κ3) is 3.34. The van der Waals surface area contributed by atoms with Crippen LogP contribution in [0.2, 0.25) is 0 Å². The van der Waals surface area contributed by atoms with E-state index in [1.807, 2.05) is 0 Å². The molecule has 0 aliphatic rings. The van der Waals surface area contributed by atoms with Gasteiger partial charge in [0.25, 0.3) is 0 Å². The quantitative estimate of drug-likeness (QED) is 0.846. The van der Waals surface area contributed by atoms with Gasteiger partial charge in [0.1, 0.15) is 0 Å². The molecule has 2 heterocycles. The molecule has 1 atom stereocenters. The Kier molecular flexibility index (Phi) is 4.22. The van der Waals surface area contributed by atoms with Crippen molar-refractivity contribution in [2.45, 2.75) is 25.8 Å². The third-order valence-electron chi connectivity index (χ3n) is 2.52. The monoisotopic (exact) mass is 251 g/mol. The minimum absolute atomic E-state index is 0.283. The molecule has 0 bridgehead atoms. The number of nitrogens with one attached hydrogen (secondary N) is 1. The summed E-state index contributed by atoms with van der Waals surface area (Å²) < 4.78 is 0. The molecule has 0 amide bonds. The van der Waals surface area contributed by atoms with E-state index in [9.17, 15) is 0 Å². The molecule has 0 fully saturated rings. The molecule has 6 heteroatoms. The van der Waals surface area contributed by atoms with Gasteiger partial charge in [-0.2, -0.15) is 16.1 Å². The van der Waals surface area contributed by atoms with Gasteiger partial charge >= 0.3 is 0 Å². The van der Waals surface area contributed by atoms with Crippen molar-refractivity contribution in [3.63, 3.8) is 0 Å². The van der Waals surface area contributed by atoms with Gasteiger partial charge in [-0.25, -0.2) is 0 Å². The Morgan fingerprint density at radius 1 is 1.53 bits per heavy atom. The summed E-state index contributed by atoms with van der Waals surface area (Å²) in [5, 5.41) is 19.9. The van der Waals surface area contributed by atoms with Crippen molar-refractivity contribution >= 4 is 11.3 Å². The first-order valence-electron chi connectivity index (χ1n) is 5.78. The molecule has 92 valence electrons. The highest BCUT2D eigenvalue weighted by Gasteiger charge is 2.14. The largest absolute Gasteiger partial charge is 0.310 e. The Morgan fingerprint density at radius 3 is 3.00 bits per heavy atom. The standard InChI is InChI=1S/C11H17N5S/c1-3-5-12-10(9-4-6-17-8-9)7-11-13-15-16(2)14-11/h4,6,8,10,12H,3,5,7H2,1-2H3. The molecule has 0 aliphatic heterocycles. The molecule has 1 N–H and O–H groups in total. The minimum Gasteiger partial charge on any atom is -0.310 e. The maximum Gasteiger partial charge on any atom is 0.176 e. The smallest absolute Gasteiger partial charge is 0.176 e. The first-order chi connectivity index (χ1) is 8.29. The van der Waals surface area contributed by atoms with Crippen molar-refractivity contribution in [3.05, 3.63) is 28.2 Å². The number of hydrogen-bond acceptors (Lipinski definition) is 5. The summed E-state index contributed by atoms with van der Waals surface area (Å²) in [6.07, 6.45) is 1.90. The van der Waals surface area contributed by atoms with Crippen LogP contribution in [0.3, 0.4) is 0 Å². The number of aromatic nitrogens is 4. The highest BCUT2D eigenvalue weighted by Crippen LogP contribution is 2.19. The van der Waals surface area contributed by atoms with Crippen LogP contribution in [-0.2, 0) is 13.5 Å². The molecule has 0 saturated heterocycles. The summed E-state index contributed by atoms with van der Waals surface area (Å²) in [5.41, 5.74) is 1.30. The van der Waals surface area contributed by atoms with Crippen LogP contribution >= 0.6 is 11.3 Å². The van der Waals surface area contributed by atoms with E-state index in [0.29, 0.717) is 0 Å². The van der Waals surface area contributed by atoms with Gasteiger partial charge in [0.15, 0.2) is 5.82 Å². The number of thiophene rings is 1. The van der Waals surface area contributed by atoms with Crippen LogP contribution in [0.15, 0.2) is 16.8 Å². The molecule has 17 heavy (non-hydrogen) atoms. The Morgan fingerprint density at radius 2 is 2.41 bits per heavy atom. The number of tetrazole rings is 1. The van der Waals surface area contributed by atoms with E-state index >= 15 is 0 Å². The molecule has 2 rings (SSSR count). The predicted molar refractivity (Wildman–Crippen MR) is 67.9 cm³/mol. The molecule has 1 unspecified atom stereocenters. The third-order valence-corrected chi connectivity index (χ3v) is 3.22. The maximum absolute atomic E-state index is 4.23. The summed E-state index contributed by atoms with van der Waals surface area (Å²) in [6, 6.07) is 2.43. The van der Waals surface area contributed by atoms with E-state index in [1.54, 1.807) is 18.4 Å². The summed E-state index contributed by atoms with van der Waals surface area (Å²) in [7, 11) is 1.79. The summed E-state index contributed by atoms with van der Waals surface area (Å²) in [6.45, 7) is 3.17. The van der Waals surface area contributed by atoms with Gasteiger partial charge in [-0.15, -0.1) is 10.2 Å². The van der Waals surface area contributed by atoms with Gasteiger partial charge < -0.3 is 5.32 Å². The first-order valence-corrected chi connectivity index (χ1v) is 6.72. The lowest BCUT2D eigenvalue weighted by atomic mass is 10.1. The first kappa shape index (κ1) is 12.2. The van der Waals surface area contributed by atoms with E-state index in [2.05, 4.69) is 44.5 Å². The zero-order valence-electron chi connectivity index (χ0n) is 10.1. The second-order valence-corrected chi connectivity index (χ2v) is 4.74. The van der Waals surface area contributed by atoms with Crippen molar-refractivity contribution in [1.82, 2.24) is 25.5 Å². The van der Waals surface area contributed by atoms with Crippen LogP contribution in [-0.4, -0.2) is 26.8 Å². The van der Waals surface area contributed by atoms with Gasteiger partial charge in [-0.05, 0) is 40.6 Å². The van der Waals surface area contributed by atoms with Crippen LogP contribution in [0, 0.1) is 0 Å². The van der Waals surface area contributed by atoms with E-state index in [1.165, 1.54) is 10.4 Å². The van der Waals surface area contributed by atoms with E-state index in [0.717, 1.165) is 25.2 Å². The normalized spacial score (nSPS) is 12.8. The van der Waals surface area contributed by atoms with E-state index < -0.39 is 0 Å². The molecule has 0 radical (unpaired) electrons. The lowest BCUT2D eigenvalue weighted by Gasteiger charge is -2.15. The van der Waals surface area contributed by atoms with Crippen LogP contribution < -0.4 is 5.32 Å². The highest BCUT2D eigenvalue weighted by molar-refractivity contribution is 7.07. The van der Waals surface area contributed by atoms with Gasteiger partial charge in [0.2, 0.25) is 0 Å². The van der Waals surface area contributed by atoms with Gasteiger partial charge in [0, 0.05) is 12.5 Å². The molecular weight excluding hydrogens is 234 g/mol. The van der Waals surface area contributed by atoms with Crippen LogP contribution in [0.4, 0.5) is 0 Å². The Labute approximate surface area is 105 Å². The Hall–Kier alpha value is -1.27. The second-order valence-electron chi connectivity index (χ2n) is 3.96. The van der Waals surface area contributed by atoms with Crippen molar-refractivity contribution < 1.29 is 0 Å². The van der Waals surface area contributed by atoms with Crippen LogP contribution in [0.25, 0.3) is 0 Å². The van der Waals surface area contributed by atoms with E-state index in [-0.39, 0.29) is 6.04 Å². The lowest BCUT2D eigenvalue weighted by molar-refractivity contribution is 0.518. The van der Waals surface area contributed by atoms with Gasteiger partial charge in [-0.1, -0.05) is 6.92 Å². The zero-order valence-corrected chi connectivity index (χ0v) is 10.9. The van der Waals surface area contributed by atoms with Gasteiger partial charge in [0.05, 0.1) is 7.05 Å². The fourth-order valence-electron chi connectivity index (χ4n) is 1.69. The fraction of sp³-hybridized carbons (Fsp3) is 0.545. The topological polar surface area (TPSA) is 55.6 Å². The molecule has 0 aliphatic carbocycles. The number of rotatable bonds is 6. The van der Waals surface area contributed by atoms with Gasteiger partial charge in [-0.3, -0.25) is 0 Å². The number of nitrogens with zero attached hydrogens (tertiary/aromatic N) is 4. The summed E-state index contributed by atoms with van der Waals surface area (Å²) in [5.74, 6) is 0.785. The summed E-state index contributed by atoms with van der Waals surface area (Å²) >= 11 is 1.72. The highest BCUT2D eigenvalue weighted by atomic mass is 32.1. The average molecular weight is 251 g/mol. The second kappa shape index (κ2) is 5.88. The van der Waals surface area contributed by atoms with E-state index in [4.69, 9.17) is 0 Å². The average Bonchev–Trinajstić information content (AvgIpc) is 2.95. The maximum atomic E-state index is 4.23. The van der Waals surface area contributed by atoms with Crippen LogP contribution in [0.5, 0.6) is 0 Å². The molecular formula is C11H17N5S. The fourth-order valence-corrected chi connectivity index (χ4v) is 2.40. The SMILES string of the molecule is CCCNC(Cc1nnn(C)n1)c1ccsc1. The van der Waals surface area contributed by atoms with Crippen molar-refractivity contribution in [1.29, 1.82) is 0 Å². The summed E-state index contributed by atoms with van der Waals surface area (Å²) in [4.78, 5) is 1.50. The number of aryl methyl sites for hydroxylation is 1. The van der Waals surface area contributed by atoms with Crippen molar-refractivity contribution in [3.8, 4) is 0 Å². The molecule has 0 aromatic carbocycles.